The summed E-state index contributed by atoms with van der Waals surface area (Å²) >= 11 is 0. The molecule has 1 aliphatic rings. The number of nitrogens with zero attached hydrogens (tertiary/aromatic N) is 2. The molecule has 0 aliphatic carbocycles. The van der Waals surface area contributed by atoms with E-state index >= 15 is 0 Å². The molecule has 1 fully saturated rings. The summed E-state index contributed by atoms with van der Waals surface area (Å²) in [5, 5.41) is 3.11. The molecule has 1 N–H and O–H groups in total. The monoisotopic (exact) mass is 211 g/mol. The third kappa shape index (κ3) is 2.07. The maximum Gasteiger partial charge on any atom is 0.238 e. The number of rotatable bonds is 3. The van der Waals surface area contributed by atoms with E-state index in [1.165, 1.54) is 19.5 Å². The maximum atomic E-state index is 14.0. The van der Waals surface area contributed by atoms with Crippen molar-refractivity contribution >= 4 is 0 Å². The number of methoxy groups -OCH3 is 1. The van der Waals surface area contributed by atoms with Gasteiger partial charge in [0, 0.05) is 18.4 Å². The largest absolute Gasteiger partial charge is 0.480 e. The van der Waals surface area contributed by atoms with Gasteiger partial charge in [0.2, 0.25) is 5.88 Å². The van der Waals surface area contributed by atoms with Crippen molar-refractivity contribution in [1.82, 2.24) is 15.3 Å². The third-order valence-corrected chi connectivity index (χ3v) is 2.60. The molecular formula is C10H14FN3O. The van der Waals surface area contributed by atoms with Gasteiger partial charge in [-0.15, -0.1) is 0 Å². The zero-order valence-electron chi connectivity index (χ0n) is 8.61. The number of aromatic nitrogens is 2. The minimum atomic E-state index is -1.14. The summed E-state index contributed by atoms with van der Waals surface area (Å²) in [6.07, 6.45) is 3.68. The van der Waals surface area contributed by atoms with Gasteiger partial charge in [0.15, 0.2) is 6.17 Å². The summed E-state index contributed by atoms with van der Waals surface area (Å²) in [6.45, 7) is 0.869. The van der Waals surface area contributed by atoms with E-state index in [0.717, 1.165) is 19.4 Å². The molecule has 0 spiro atoms. The van der Waals surface area contributed by atoms with Crippen LogP contribution in [0.1, 0.15) is 24.7 Å². The molecule has 0 bridgehead atoms. The van der Waals surface area contributed by atoms with Gasteiger partial charge >= 0.3 is 0 Å². The first-order valence-corrected chi connectivity index (χ1v) is 5.05. The quantitative estimate of drug-likeness (QED) is 0.817. The Balaban J connectivity index is 2.19. The number of halogens is 1. The zero-order valence-corrected chi connectivity index (χ0v) is 8.61. The van der Waals surface area contributed by atoms with E-state index in [1.54, 1.807) is 0 Å². The van der Waals surface area contributed by atoms with Gasteiger partial charge < -0.3 is 10.1 Å². The number of nitrogens with one attached hydrogen (secondary N) is 1. The van der Waals surface area contributed by atoms with Crippen LogP contribution < -0.4 is 10.1 Å². The van der Waals surface area contributed by atoms with Gasteiger partial charge in [-0.05, 0) is 19.4 Å². The van der Waals surface area contributed by atoms with E-state index in [1.807, 2.05) is 0 Å². The lowest BCUT2D eigenvalue weighted by Crippen LogP contribution is -2.27. The summed E-state index contributed by atoms with van der Waals surface area (Å²) < 4.78 is 19.0. The minimum Gasteiger partial charge on any atom is -0.480 e. The molecule has 82 valence electrons. The second-order valence-corrected chi connectivity index (χ2v) is 3.56. The van der Waals surface area contributed by atoms with Crippen LogP contribution in [-0.4, -0.2) is 29.7 Å². The van der Waals surface area contributed by atoms with Crippen molar-refractivity contribution in [2.45, 2.75) is 25.1 Å². The highest BCUT2D eigenvalue weighted by atomic mass is 19.1. The molecule has 2 heterocycles. The molecule has 2 rings (SSSR count). The lowest BCUT2D eigenvalue weighted by atomic mass is 10.1. The van der Waals surface area contributed by atoms with Crippen molar-refractivity contribution in [3.63, 3.8) is 0 Å². The zero-order chi connectivity index (χ0) is 10.7. The standard InChI is InChI=1S/C10H14FN3O/c1-15-10-9(13-5-6-14-10)8(11)7-3-2-4-12-7/h5-8,12H,2-4H2,1H3. The Bertz CT molecular complexity index is 328. The van der Waals surface area contributed by atoms with Crippen LogP contribution in [0.25, 0.3) is 0 Å². The first-order valence-electron chi connectivity index (χ1n) is 5.05. The van der Waals surface area contributed by atoms with Crippen LogP contribution in [0.2, 0.25) is 0 Å². The van der Waals surface area contributed by atoms with Crippen LogP contribution in [0.4, 0.5) is 4.39 Å². The molecule has 1 aromatic rings. The minimum absolute atomic E-state index is 0.157. The SMILES string of the molecule is COc1nccnc1C(F)C1CCCN1. The molecule has 0 aromatic carbocycles. The highest BCUT2D eigenvalue weighted by Crippen LogP contribution is 2.29. The number of ether oxygens (including phenoxy) is 1. The molecule has 2 atom stereocenters. The normalized spacial score (nSPS) is 22.7. The Hall–Kier alpha value is -1.23. The Morgan fingerprint density at radius 2 is 2.33 bits per heavy atom. The fourth-order valence-electron chi connectivity index (χ4n) is 1.83. The predicted molar refractivity (Wildman–Crippen MR) is 53.5 cm³/mol. The third-order valence-electron chi connectivity index (χ3n) is 2.60. The van der Waals surface area contributed by atoms with Gasteiger partial charge in [-0.2, -0.15) is 0 Å². The van der Waals surface area contributed by atoms with E-state index < -0.39 is 6.17 Å². The van der Waals surface area contributed by atoms with Gasteiger partial charge in [0.05, 0.1) is 7.11 Å². The first kappa shape index (κ1) is 10.3. The summed E-state index contributed by atoms with van der Waals surface area (Å²) in [5.41, 5.74) is 0.291. The fourth-order valence-corrected chi connectivity index (χ4v) is 1.83. The highest BCUT2D eigenvalue weighted by Gasteiger charge is 2.29. The predicted octanol–water partition coefficient (Wildman–Crippen LogP) is 1.25. The van der Waals surface area contributed by atoms with E-state index in [2.05, 4.69) is 15.3 Å². The van der Waals surface area contributed by atoms with Crippen LogP contribution in [0.15, 0.2) is 12.4 Å². The molecule has 4 nitrogen and oxygen atoms in total. The summed E-state index contributed by atoms with van der Waals surface area (Å²) in [6, 6.07) is -0.157. The topological polar surface area (TPSA) is 47.0 Å². The number of hydrogen-bond donors (Lipinski definition) is 1. The second-order valence-electron chi connectivity index (χ2n) is 3.56. The lowest BCUT2D eigenvalue weighted by Gasteiger charge is -2.16. The van der Waals surface area contributed by atoms with Crippen LogP contribution in [0.5, 0.6) is 5.88 Å². The van der Waals surface area contributed by atoms with Crippen molar-refractivity contribution in [3.05, 3.63) is 18.1 Å². The van der Waals surface area contributed by atoms with Gasteiger partial charge in [-0.1, -0.05) is 0 Å². The smallest absolute Gasteiger partial charge is 0.238 e. The van der Waals surface area contributed by atoms with Crippen molar-refractivity contribution in [2.24, 2.45) is 0 Å². The highest BCUT2D eigenvalue weighted by molar-refractivity contribution is 5.21. The van der Waals surface area contributed by atoms with Gasteiger partial charge in [-0.25, -0.2) is 9.37 Å². The number of hydrogen-bond acceptors (Lipinski definition) is 4. The Morgan fingerprint density at radius 1 is 1.53 bits per heavy atom. The van der Waals surface area contributed by atoms with Crippen LogP contribution in [0.3, 0.4) is 0 Å². The summed E-state index contributed by atoms with van der Waals surface area (Å²) in [4.78, 5) is 7.93. The van der Waals surface area contributed by atoms with Gasteiger partial charge in [-0.3, -0.25) is 4.98 Å². The Kier molecular flexibility index (Phi) is 3.11. The van der Waals surface area contributed by atoms with Crippen LogP contribution in [0, 0.1) is 0 Å². The van der Waals surface area contributed by atoms with E-state index in [9.17, 15) is 4.39 Å². The average Bonchev–Trinajstić information content (AvgIpc) is 2.81. The maximum absolute atomic E-state index is 14.0. The Labute approximate surface area is 87.9 Å². The summed E-state index contributed by atoms with van der Waals surface area (Å²) in [7, 11) is 1.47. The molecule has 0 saturated carbocycles. The molecule has 1 aliphatic heterocycles. The van der Waals surface area contributed by atoms with E-state index in [0.29, 0.717) is 5.69 Å². The molecule has 1 saturated heterocycles. The van der Waals surface area contributed by atoms with E-state index in [4.69, 9.17) is 4.74 Å². The van der Waals surface area contributed by atoms with Crippen molar-refractivity contribution in [1.29, 1.82) is 0 Å². The van der Waals surface area contributed by atoms with Crippen molar-refractivity contribution < 1.29 is 9.13 Å². The Morgan fingerprint density at radius 3 is 3.00 bits per heavy atom. The number of alkyl halides is 1. The van der Waals surface area contributed by atoms with Gasteiger partial charge in [0.25, 0.3) is 0 Å². The molecular weight excluding hydrogens is 197 g/mol. The van der Waals surface area contributed by atoms with Crippen LogP contribution in [-0.2, 0) is 0 Å². The van der Waals surface area contributed by atoms with Crippen molar-refractivity contribution in [2.75, 3.05) is 13.7 Å². The molecule has 0 radical (unpaired) electrons. The molecule has 0 amide bonds. The summed E-state index contributed by atoms with van der Waals surface area (Å²) in [5.74, 6) is 0.277. The first-order chi connectivity index (χ1) is 7.33. The fraction of sp³-hybridized carbons (Fsp3) is 0.600. The van der Waals surface area contributed by atoms with Gasteiger partial charge in [0.1, 0.15) is 5.69 Å². The van der Waals surface area contributed by atoms with Crippen LogP contribution >= 0.6 is 0 Å². The molecule has 5 heteroatoms. The molecule has 2 unspecified atom stereocenters. The second kappa shape index (κ2) is 4.53. The van der Waals surface area contributed by atoms with E-state index in [-0.39, 0.29) is 11.9 Å². The molecule has 1 aromatic heterocycles. The van der Waals surface area contributed by atoms with Crippen molar-refractivity contribution in [3.8, 4) is 5.88 Å². The average molecular weight is 211 g/mol. The lowest BCUT2D eigenvalue weighted by molar-refractivity contribution is 0.252. The molecule has 15 heavy (non-hydrogen) atoms.